The van der Waals surface area contributed by atoms with Crippen molar-refractivity contribution in [2.45, 2.75) is 25.7 Å². The molecule has 2 heterocycles. The maximum Gasteiger partial charge on any atom is 0.296 e. The van der Waals surface area contributed by atoms with E-state index >= 15 is 0 Å². The fourth-order valence-electron chi connectivity index (χ4n) is 2.31. The van der Waals surface area contributed by atoms with Crippen molar-refractivity contribution in [2.75, 3.05) is 5.32 Å². The van der Waals surface area contributed by atoms with Crippen molar-refractivity contribution < 1.29 is 9.32 Å². The second-order valence-corrected chi connectivity index (χ2v) is 6.61. The number of carbonyl (C=O) groups is 1. The number of rotatable bonds is 4. The van der Waals surface area contributed by atoms with E-state index in [2.05, 4.69) is 15.5 Å². The Morgan fingerprint density at radius 3 is 2.83 bits per heavy atom. The Balaban J connectivity index is 1.48. The van der Waals surface area contributed by atoms with Gasteiger partial charge in [0.15, 0.2) is 5.13 Å². The van der Waals surface area contributed by atoms with Crippen LogP contribution in [0.25, 0.3) is 11.3 Å². The van der Waals surface area contributed by atoms with Crippen LogP contribution in [0.5, 0.6) is 0 Å². The minimum atomic E-state index is -0.326. The first-order valence-electron chi connectivity index (χ1n) is 7.49. The maximum absolute atomic E-state index is 12.2. The fourth-order valence-corrected chi connectivity index (χ4v) is 3.10. The number of hydrogen-bond donors (Lipinski definition) is 1. The van der Waals surface area contributed by atoms with Gasteiger partial charge in [-0.2, -0.15) is 0 Å². The Bertz CT molecular complexity index is 847. The van der Waals surface area contributed by atoms with Gasteiger partial charge in [-0.1, -0.05) is 35.0 Å². The van der Waals surface area contributed by atoms with Crippen molar-refractivity contribution in [3.05, 3.63) is 52.7 Å². The van der Waals surface area contributed by atoms with E-state index in [1.807, 2.05) is 36.6 Å². The zero-order chi connectivity index (χ0) is 15.8. The van der Waals surface area contributed by atoms with E-state index in [9.17, 15) is 4.79 Å². The van der Waals surface area contributed by atoms with E-state index in [4.69, 9.17) is 4.52 Å². The van der Waals surface area contributed by atoms with Crippen molar-refractivity contribution in [3.8, 4) is 11.3 Å². The number of anilines is 1. The van der Waals surface area contributed by atoms with Gasteiger partial charge in [-0.05, 0) is 19.8 Å². The molecular weight excluding hydrogens is 310 g/mol. The molecule has 1 N–H and O–H groups in total. The Morgan fingerprint density at radius 1 is 1.30 bits per heavy atom. The predicted molar refractivity (Wildman–Crippen MR) is 88.7 cm³/mol. The summed E-state index contributed by atoms with van der Waals surface area (Å²) < 4.78 is 5.16. The predicted octanol–water partition coefficient (Wildman–Crippen LogP) is 4.24. The Labute approximate surface area is 137 Å². The van der Waals surface area contributed by atoms with Gasteiger partial charge >= 0.3 is 0 Å². The van der Waals surface area contributed by atoms with Crippen LogP contribution in [-0.4, -0.2) is 16.0 Å². The van der Waals surface area contributed by atoms with Gasteiger partial charge in [0.2, 0.25) is 5.76 Å². The van der Waals surface area contributed by atoms with Gasteiger partial charge in [0.05, 0.1) is 5.69 Å². The third-order valence-corrected chi connectivity index (χ3v) is 4.60. The van der Waals surface area contributed by atoms with E-state index in [-0.39, 0.29) is 11.7 Å². The van der Waals surface area contributed by atoms with E-state index < -0.39 is 0 Å². The molecule has 1 saturated carbocycles. The highest BCUT2D eigenvalue weighted by Crippen LogP contribution is 2.40. The molecule has 1 aromatic carbocycles. The van der Waals surface area contributed by atoms with E-state index in [0.29, 0.717) is 16.7 Å². The minimum absolute atomic E-state index is 0.184. The molecule has 2 aromatic heterocycles. The van der Waals surface area contributed by atoms with E-state index in [1.54, 1.807) is 6.07 Å². The molecule has 5 nitrogen and oxygen atoms in total. The van der Waals surface area contributed by atoms with Gasteiger partial charge in [0.1, 0.15) is 5.69 Å². The molecule has 1 fully saturated rings. The highest BCUT2D eigenvalue weighted by Gasteiger charge is 2.26. The Hall–Kier alpha value is -2.47. The number of benzene rings is 1. The van der Waals surface area contributed by atoms with Crippen LogP contribution < -0.4 is 5.32 Å². The maximum atomic E-state index is 12.2. The average Bonchev–Trinajstić information content (AvgIpc) is 3.10. The molecule has 4 rings (SSSR count). The molecule has 116 valence electrons. The summed E-state index contributed by atoms with van der Waals surface area (Å²) in [6.07, 6.45) is 2.39. The van der Waals surface area contributed by atoms with Crippen molar-refractivity contribution in [1.82, 2.24) is 10.1 Å². The van der Waals surface area contributed by atoms with Gasteiger partial charge in [-0.3, -0.25) is 10.1 Å². The lowest BCUT2D eigenvalue weighted by molar-refractivity contribution is 0.0988. The van der Waals surface area contributed by atoms with Crippen LogP contribution in [0.4, 0.5) is 5.13 Å². The van der Waals surface area contributed by atoms with Crippen LogP contribution in [0, 0.1) is 6.92 Å². The average molecular weight is 325 g/mol. The summed E-state index contributed by atoms with van der Waals surface area (Å²) in [5.74, 6) is 0.437. The smallest absolute Gasteiger partial charge is 0.296 e. The summed E-state index contributed by atoms with van der Waals surface area (Å²) >= 11 is 1.44. The van der Waals surface area contributed by atoms with E-state index in [0.717, 1.165) is 11.3 Å². The molecule has 0 spiro atoms. The third kappa shape index (κ3) is 3.03. The molecular formula is C17H15N3O2S. The number of nitrogens with zero attached hydrogens (tertiary/aromatic N) is 2. The highest BCUT2D eigenvalue weighted by molar-refractivity contribution is 7.14. The molecule has 1 amide bonds. The Morgan fingerprint density at radius 2 is 2.09 bits per heavy atom. The van der Waals surface area contributed by atoms with Crippen LogP contribution >= 0.6 is 11.3 Å². The number of aryl methyl sites for hydroxylation is 1. The SMILES string of the molecule is Cc1ccc(-c2cc(C(=O)Nc3nc(C4CC4)cs3)on2)cc1. The quantitative estimate of drug-likeness (QED) is 0.779. The van der Waals surface area contributed by atoms with Crippen LogP contribution in [0.3, 0.4) is 0 Å². The van der Waals surface area contributed by atoms with Crippen LogP contribution in [0.1, 0.15) is 40.6 Å². The zero-order valence-electron chi connectivity index (χ0n) is 12.6. The van der Waals surface area contributed by atoms with Gasteiger partial charge in [0.25, 0.3) is 5.91 Å². The molecule has 0 aliphatic heterocycles. The zero-order valence-corrected chi connectivity index (χ0v) is 13.4. The summed E-state index contributed by atoms with van der Waals surface area (Å²) in [6.45, 7) is 2.02. The Kier molecular flexibility index (Phi) is 3.46. The minimum Gasteiger partial charge on any atom is -0.350 e. The highest BCUT2D eigenvalue weighted by atomic mass is 32.1. The first-order chi connectivity index (χ1) is 11.2. The molecule has 0 saturated heterocycles. The molecule has 0 bridgehead atoms. The lowest BCUT2D eigenvalue weighted by atomic mass is 10.1. The molecule has 1 aliphatic carbocycles. The van der Waals surface area contributed by atoms with Gasteiger partial charge in [0, 0.05) is 22.9 Å². The van der Waals surface area contributed by atoms with Gasteiger partial charge < -0.3 is 4.52 Å². The standard InChI is InChI=1S/C17H15N3O2S/c1-10-2-4-11(5-3-10)13-8-15(22-20-13)16(21)19-17-18-14(9-23-17)12-6-7-12/h2-5,8-9,12H,6-7H2,1H3,(H,18,19,21). The van der Waals surface area contributed by atoms with Crippen LogP contribution in [0.15, 0.2) is 40.2 Å². The van der Waals surface area contributed by atoms with Crippen molar-refractivity contribution >= 4 is 22.4 Å². The second-order valence-electron chi connectivity index (χ2n) is 5.75. The first kappa shape index (κ1) is 14.1. The fraction of sp³-hybridized carbons (Fsp3) is 0.235. The summed E-state index contributed by atoms with van der Waals surface area (Å²) in [4.78, 5) is 16.7. The van der Waals surface area contributed by atoms with Crippen molar-refractivity contribution in [3.63, 3.8) is 0 Å². The summed E-state index contributed by atoms with van der Waals surface area (Å²) in [6, 6.07) is 9.56. The number of thiazole rings is 1. The summed E-state index contributed by atoms with van der Waals surface area (Å²) in [5, 5.41) is 9.35. The van der Waals surface area contributed by atoms with Crippen LogP contribution in [0.2, 0.25) is 0 Å². The number of amides is 1. The van der Waals surface area contributed by atoms with E-state index in [1.165, 1.54) is 29.7 Å². The molecule has 3 aromatic rings. The topological polar surface area (TPSA) is 68.0 Å². The molecule has 23 heavy (non-hydrogen) atoms. The molecule has 0 atom stereocenters. The van der Waals surface area contributed by atoms with Gasteiger partial charge in [-0.25, -0.2) is 4.98 Å². The van der Waals surface area contributed by atoms with Crippen molar-refractivity contribution in [1.29, 1.82) is 0 Å². The molecule has 0 unspecified atom stereocenters. The monoisotopic (exact) mass is 325 g/mol. The van der Waals surface area contributed by atoms with Crippen molar-refractivity contribution in [2.24, 2.45) is 0 Å². The third-order valence-electron chi connectivity index (χ3n) is 3.82. The first-order valence-corrected chi connectivity index (χ1v) is 8.37. The molecule has 0 radical (unpaired) electrons. The largest absolute Gasteiger partial charge is 0.350 e. The number of nitrogens with one attached hydrogen (secondary N) is 1. The summed E-state index contributed by atoms with van der Waals surface area (Å²) in [5.41, 5.74) is 3.81. The molecule has 6 heteroatoms. The normalized spacial score (nSPS) is 14.0. The number of carbonyl (C=O) groups excluding carboxylic acids is 1. The van der Waals surface area contributed by atoms with Gasteiger partial charge in [-0.15, -0.1) is 11.3 Å². The van der Waals surface area contributed by atoms with Crippen LogP contribution in [-0.2, 0) is 0 Å². The lowest BCUT2D eigenvalue weighted by Gasteiger charge is -1.96. The number of hydrogen-bond acceptors (Lipinski definition) is 5. The molecule has 1 aliphatic rings. The number of aromatic nitrogens is 2. The summed E-state index contributed by atoms with van der Waals surface area (Å²) in [7, 11) is 0. The second kappa shape index (κ2) is 5.62. The lowest BCUT2D eigenvalue weighted by Crippen LogP contribution is -2.10.